The lowest BCUT2D eigenvalue weighted by molar-refractivity contribution is 0.170. The molecule has 0 heterocycles. The summed E-state index contributed by atoms with van der Waals surface area (Å²) in [5.74, 6) is -0.712. The van der Waals surface area contributed by atoms with Crippen molar-refractivity contribution in [2.24, 2.45) is 5.73 Å². The van der Waals surface area contributed by atoms with Gasteiger partial charge in [0, 0.05) is 18.6 Å². The monoisotopic (exact) mass is 268 g/mol. The van der Waals surface area contributed by atoms with Gasteiger partial charge in [0.15, 0.2) is 0 Å². The van der Waals surface area contributed by atoms with Crippen LogP contribution in [-0.4, -0.2) is 30.6 Å². The Labute approximate surface area is 113 Å². The minimum absolute atomic E-state index is 0.205. The molecule has 4 heteroatoms. The molecule has 1 aromatic rings. The average molecular weight is 268 g/mol. The van der Waals surface area contributed by atoms with E-state index >= 15 is 0 Å². The first kappa shape index (κ1) is 14.4. The van der Waals surface area contributed by atoms with Gasteiger partial charge in [-0.05, 0) is 50.1 Å². The Morgan fingerprint density at radius 1 is 1.26 bits per heavy atom. The summed E-state index contributed by atoms with van der Waals surface area (Å²) in [6, 6.07) is 4.20. The summed E-state index contributed by atoms with van der Waals surface area (Å²) >= 11 is 0. The SMILES string of the molecule is CN(CCc1cc(F)ccc1F)C1CCCCC1N. The second-order valence-corrected chi connectivity index (χ2v) is 5.48. The Balaban J connectivity index is 1.92. The van der Waals surface area contributed by atoms with Crippen molar-refractivity contribution in [2.75, 3.05) is 13.6 Å². The van der Waals surface area contributed by atoms with E-state index in [9.17, 15) is 8.78 Å². The van der Waals surface area contributed by atoms with E-state index in [1.165, 1.54) is 25.0 Å². The molecule has 1 fully saturated rings. The van der Waals surface area contributed by atoms with E-state index in [1.807, 2.05) is 7.05 Å². The summed E-state index contributed by atoms with van der Waals surface area (Å²) in [7, 11) is 2.02. The second kappa shape index (κ2) is 6.44. The van der Waals surface area contributed by atoms with Gasteiger partial charge >= 0.3 is 0 Å². The van der Waals surface area contributed by atoms with E-state index in [0.717, 1.165) is 18.9 Å². The normalized spacial score (nSPS) is 23.8. The number of halogens is 2. The van der Waals surface area contributed by atoms with Crippen LogP contribution in [0.2, 0.25) is 0 Å². The summed E-state index contributed by atoms with van der Waals surface area (Å²) in [6.45, 7) is 0.707. The molecule has 2 rings (SSSR count). The average Bonchev–Trinajstić information content (AvgIpc) is 2.40. The molecule has 0 aliphatic heterocycles. The van der Waals surface area contributed by atoms with Crippen molar-refractivity contribution >= 4 is 0 Å². The highest BCUT2D eigenvalue weighted by Crippen LogP contribution is 2.21. The summed E-state index contributed by atoms with van der Waals surface area (Å²) in [5.41, 5.74) is 6.57. The first-order chi connectivity index (χ1) is 9.08. The maximum Gasteiger partial charge on any atom is 0.126 e. The van der Waals surface area contributed by atoms with Gasteiger partial charge in [-0.15, -0.1) is 0 Å². The summed E-state index contributed by atoms with van der Waals surface area (Å²) in [4.78, 5) is 2.19. The molecule has 1 saturated carbocycles. The second-order valence-electron chi connectivity index (χ2n) is 5.48. The Kier molecular flexibility index (Phi) is 4.88. The molecular formula is C15H22F2N2. The quantitative estimate of drug-likeness (QED) is 0.909. The fourth-order valence-electron chi connectivity index (χ4n) is 2.88. The maximum absolute atomic E-state index is 13.5. The molecule has 0 aromatic heterocycles. The number of nitrogens with zero attached hydrogens (tertiary/aromatic N) is 1. The molecule has 0 bridgehead atoms. The lowest BCUT2D eigenvalue weighted by Gasteiger charge is -2.36. The standard InChI is InChI=1S/C15H22F2N2/c1-19(15-5-3-2-4-14(15)18)9-8-11-10-12(16)6-7-13(11)17/h6-7,10,14-15H,2-5,8-9,18H2,1H3. The number of benzene rings is 1. The first-order valence-corrected chi connectivity index (χ1v) is 6.97. The predicted molar refractivity (Wildman–Crippen MR) is 72.9 cm³/mol. The van der Waals surface area contributed by atoms with Gasteiger partial charge in [-0.3, -0.25) is 0 Å². The van der Waals surface area contributed by atoms with Crippen LogP contribution in [0, 0.1) is 11.6 Å². The van der Waals surface area contributed by atoms with Crippen LogP contribution < -0.4 is 5.73 Å². The zero-order valence-electron chi connectivity index (χ0n) is 11.4. The Morgan fingerprint density at radius 3 is 2.74 bits per heavy atom. The molecular weight excluding hydrogens is 246 g/mol. The zero-order valence-corrected chi connectivity index (χ0v) is 11.4. The Morgan fingerprint density at radius 2 is 2.00 bits per heavy atom. The van der Waals surface area contributed by atoms with Gasteiger partial charge in [-0.2, -0.15) is 0 Å². The van der Waals surface area contributed by atoms with Gasteiger partial charge in [0.25, 0.3) is 0 Å². The van der Waals surface area contributed by atoms with Crippen molar-refractivity contribution in [1.82, 2.24) is 4.90 Å². The van der Waals surface area contributed by atoms with Crippen molar-refractivity contribution in [3.05, 3.63) is 35.4 Å². The van der Waals surface area contributed by atoms with Crippen LogP contribution in [-0.2, 0) is 6.42 Å². The summed E-state index contributed by atoms with van der Waals surface area (Å²) in [5, 5.41) is 0. The van der Waals surface area contributed by atoms with Gasteiger partial charge in [-0.25, -0.2) is 8.78 Å². The van der Waals surface area contributed by atoms with Crippen LogP contribution in [0.5, 0.6) is 0 Å². The largest absolute Gasteiger partial charge is 0.326 e. The van der Waals surface area contributed by atoms with Crippen molar-refractivity contribution in [3.8, 4) is 0 Å². The van der Waals surface area contributed by atoms with Crippen molar-refractivity contribution < 1.29 is 8.78 Å². The van der Waals surface area contributed by atoms with Gasteiger partial charge in [0.2, 0.25) is 0 Å². The highest BCUT2D eigenvalue weighted by atomic mass is 19.1. The Hall–Kier alpha value is -1.00. The molecule has 0 radical (unpaired) electrons. The van der Waals surface area contributed by atoms with Gasteiger partial charge < -0.3 is 10.6 Å². The molecule has 1 aromatic carbocycles. The first-order valence-electron chi connectivity index (χ1n) is 6.97. The van der Waals surface area contributed by atoms with Crippen LogP contribution in [0.15, 0.2) is 18.2 Å². The molecule has 1 aliphatic carbocycles. The zero-order chi connectivity index (χ0) is 13.8. The van der Waals surface area contributed by atoms with E-state index in [2.05, 4.69) is 4.90 Å². The molecule has 0 saturated heterocycles. The predicted octanol–water partition coefficient (Wildman–Crippen LogP) is 2.71. The number of rotatable bonds is 4. The molecule has 2 nitrogen and oxygen atoms in total. The smallest absolute Gasteiger partial charge is 0.126 e. The number of hydrogen-bond acceptors (Lipinski definition) is 2. The van der Waals surface area contributed by atoms with E-state index < -0.39 is 0 Å². The third kappa shape index (κ3) is 3.74. The fourth-order valence-corrected chi connectivity index (χ4v) is 2.88. The number of likely N-dealkylation sites (N-methyl/N-ethyl adjacent to an activating group) is 1. The highest BCUT2D eigenvalue weighted by molar-refractivity contribution is 5.19. The maximum atomic E-state index is 13.5. The minimum atomic E-state index is -0.381. The molecule has 1 aliphatic rings. The molecule has 106 valence electrons. The van der Waals surface area contributed by atoms with Crippen LogP contribution in [0.4, 0.5) is 8.78 Å². The third-order valence-electron chi connectivity index (χ3n) is 4.09. The van der Waals surface area contributed by atoms with Gasteiger partial charge in [-0.1, -0.05) is 12.8 Å². The number of hydrogen-bond donors (Lipinski definition) is 1. The van der Waals surface area contributed by atoms with Crippen molar-refractivity contribution in [2.45, 2.75) is 44.2 Å². The highest BCUT2D eigenvalue weighted by Gasteiger charge is 2.25. The van der Waals surface area contributed by atoms with E-state index in [4.69, 9.17) is 5.73 Å². The molecule has 19 heavy (non-hydrogen) atoms. The topological polar surface area (TPSA) is 29.3 Å². The van der Waals surface area contributed by atoms with E-state index in [0.29, 0.717) is 24.6 Å². The van der Waals surface area contributed by atoms with Crippen molar-refractivity contribution in [1.29, 1.82) is 0 Å². The minimum Gasteiger partial charge on any atom is -0.326 e. The molecule has 0 amide bonds. The van der Waals surface area contributed by atoms with Crippen LogP contribution in [0.25, 0.3) is 0 Å². The van der Waals surface area contributed by atoms with E-state index in [1.54, 1.807) is 0 Å². The van der Waals surface area contributed by atoms with Crippen LogP contribution in [0.3, 0.4) is 0 Å². The molecule has 2 N–H and O–H groups in total. The fraction of sp³-hybridized carbons (Fsp3) is 0.600. The summed E-state index contributed by atoms with van der Waals surface area (Å²) in [6.07, 6.45) is 5.08. The number of nitrogens with two attached hydrogens (primary N) is 1. The van der Waals surface area contributed by atoms with Crippen molar-refractivity contribution in [3.63, 3.8) is 0 Å². The summed E-state index contributed by atoms with van der Waals surface area (Å²) < 4.78 is 26.6. The van der Waals surface area contributed by atoms with Crippen LogP contribution in [0.1, 0.15) is 31.2 Å². The molecule has 2 atom stereocenters. The molecule has 2 unspecified atom stereocenters. The van der Waals surface area contributed by atoms with E-state index in [-0.39, 0.29) is 17.7 Å². The molecule has 0 spiro atoms. The van der Waals surface area contributed by atoms with Gasteiger partial charge in [0.1, 0.15) is 11.6 Å². The lowest BCUT2D eigenvalue weighted by Crippen LogP contribution is -2.48. The van der Waals surface area contributed by atoms with Gasteiger partial charge in [0.05, 0.1) is 0 Å². The lowest BCUT2D eigenvalue weighted by atomic mass is 9.90. The third-order valence-corrected chi connectivity index (χ3v) is 4.09. The Bertz CT molecular complexity index is 423. The van der Waals surface area contributed by atoms with Crippen LogP contribution >= 0.6 is 0 Å².